The van der Waals surface area contributed by atoms with Crippen molar-refractivity contribution in [1.29, 1.82) is 0 Å². The minimum absolute atomic E-state index is 0.231. The van der Waals surface area contributed by atoms with E-state index >= 15 is 0 Å². The van der Waals surface area contributed by atoms with Crippen LogP contribution in [0.2, 0.25) is 0 Å². The van der Waals surface area contributed by atoms with Gasteiger partial charge in [0.25, 0.3) is 0 Å². The van der Waals surface area contributed by atoms with Crippen LogP contribution in [-0.2, 0) is 13.0 Å². The highest BCUT2D eigenvalue weighted by Gasteiger charge is 2.49. The van der Waals surface area contributed by atoms with E-state index in [1.807, 2.05) is 24.3 Å². The highest BCUT2D eigenvalue weighted by Crippen LogP contribution is 2.43. The van der Waals surface area contributed by atoms with Gasteiger partial charge in [-0.1, -0.05) is 28.1 Å². The van der Waals surface area contributed by atoms with Crippen LogP contribution in [0.3, 0.4) is 0 Å². The molecule has 1 aromatic heterocycles. The van der Waals surface area contributed by atoms with Crippen molar-refractivity contribution in [1.82, 2.24) is 20.2 Å². The molecule has 8 rings (SSSR count). The number of aromatic nitrogens is 2. The van der Waals surface area contributed by atoms with Crippen molar-refractivity contribution in [2.75, 3.05) is 31.1 Å². The highest BCUT2D eigenvalue weighted by atomic mass is 79.9. The summed E-state index contributed by atoms with van der Waals surface area (Å²) < 4.78 is 21.9. The molecule has 3 aromatic rings. The third-order valence-electron chi connectivity index (χ3n) is 10.4. The number of benzene rings is 2. The number of alkyl halides is 1. The van der Waals surface area contributed by atoms with Crippen LogP contribution in [0.5, 0.6) is 11.8 Å². The van der Waals surface area contributed by atoms with Crippen LogP contribution < -0.4 is 15.0 Å². The maximum atomic E-state index is 14.4. The van der Waals surface area contributed by atoms with Gasteiger partial charge in [0.2, 0.25) is 0 Å². The first-order chi connectivity index (χ1) is 19.9. The molecule has 6 heterocycles. The zero-order valence-electron chi connectivity index (χ0n) is 23.3. The van der Waals surface area contributed by atoms with E-state index in [9.17, 15) is 9.50 Å². The number of halogens is 2. The monoisotopic (exact) mass is 621 g/mol. The van der Waals surface area contributed by atoms with E-state index in [1.165, 1.54) is 24.1 Å². The van der Waals surface area contributed by atoms with E-state index in [2.05, 4.69) is 37.1 Å². The number of phenols is 1. The number of fused-ring (bicyclic) bond motifs is 5. The Bertz CT molecular complexity index is 1490. The third kappa shape index (κ3) is 4.59. The lowest BCUT2D eigenvalue weighted by Crippen LogP contribution is -2.43. The Morgan fingerprint density at radius 1 is 1.15 bits per heavy atom. The van der Waals surface area contributed by atoms with Gasteiger partial charge in [-0.3, -0.25) is 4.90 Å². The van der Waals surface area contributed by atoms with Gasteiger partial charge in [0, 0.05) is 59.1 Å². The Kier molecular flexibility index (Phi) is 6.42. The molecule has 41 heavy (non-hydrogen) atoms. The summed E-state index contributed by atoms with van der Waals surface area (Å²) in [5.74, 6) is 0.662. The summed E-state index contributed by atoms with van der Waals surface area (Å²) in [6, 6.07) is 11.3. The molecule has 5 aliphatic heterocycles. The van der Waals surface area contributed by atoms with E-state index < -0.39 is 6.17 Å². The third-order valence-corrected chi connectivity index (χ3v) is 11.1. The summed E-state index contributed by atoms with van der Waals surface area (Å²) in [4.78, 5) is 14.8. The molecule has 7 nitrogen and oxygen atoms in total. The van der Waals surface area contributed by atoms with Gasteiger partial charge >= 0.3 is 6.01 Å². The van der Waals surface area contributed by atoms with Crippen LogP contribution in [0, 0.1) is 0 Å². The first-order valence-electron chi connectivity index (χ1n) is 15.3. The average molecular weight is 623 g/mol. The van der Waals surface area contributed by atoms with E-state index in [0.29, 0.717) is 50.1 Å². The Hall–Kier alpha value is -2.49. The number of piperidine rings is 1. The number of hydrogen-bond donors (Lipinski definition) is 2. The number of hydrogen-bond acceptors (Lipinski definition) is 7. The quantitative estimate of drug-likeness (QED) is 0.383. The maximum absolute atomic E-state index is 14.4. The standard InChI is InChI=1S/C32H37BrFN5O2/c33-26-4-1-3-19-13-24(40)14-28(29(19)26)38-10-7-25-27(17-38)36-31(37-30(25)20-11-22-5-6-23(12-20)35-22)41-18-32-8-2-9-39(32)16-21(34)15-32/h1,3-4,13-14,20-23,35,40H,2,5-12,15-18H2/t20-,21-,22-,23+,32+/m1/s1. The minimum atomic E-state index is -0.783. The largest absolute Gasteiger partial charge is 0.508 e. The summed E-state index contributed by atoms with van der Waals surface area (Å²) in [7, 11) is 0. The molecule has 216 valence electrons. The number of phenolic OH excluding ortho intramolecular Hbond substituents is 1. The van der Waals surface area contributed by atoms with Gasteiger partial charge in [-0.15, -0.1) is 0 Å². The Balaban J connectivity index is 1.15. The van der Waals surface area contributed by atoms with Crippen molar-refractivity contribution in [3.05, 3.63) is 51.8 Å². The normalized spacial score (nSPS) is 31.0. The fourth-order valence-electron chi connectivity index (χ4n) is 8.57. The molecule has 0 amide bonds. The summed E-state index contributed by atoms with van der Waals surface area (Å²) >= 11 is 3.75. The van der Waals surface area contributed by atoms with Crippen molar-refractivity contribution < 1.29 is 14.2 Å². The van der Waals surface area contributed by atoms with Crippen molar-refractivity contribution in [3.8, 4) is 11.8 Å². The molecular formula is C32H37BrFN5O2. The summed E-state index contributed by atoms with van der Waals surface area (Å²) in [5.41, 5.74) is 4.22. The SMILES string of the molecule is Oc1cc(N2CCc3c(nc(OC[C@@]45CCCN4C[C@H](F)C5)nc3[C@@H]3C[C@H]4CC[C@@H](C3)N4)C2)c2c(Br)cccc2c1. The molecule has 2 aromatic carbocycles. The summed E-state index contributed by atoms with van der Waals surface area (Å²) in [5, 5.41) is 16.5. The van der Waals surface area contributed by atoms with Gasteiger partial charge in [0.1, 0.15) is 18.5 Å². The zero-order valence-corrected chi connectivity index (χ0v) is 24.9. The first-order valence-corrected chi connectivity index (χ1v) is 16.1. The summed E-state index contributed by atoms with van der Waals surface area (Å²) in [6.07, 6.45) is 7.37. The maximum Gasteiger partial charge on any atom is 0.316 e. The molecule has 5 aliphatic rings. The molecule has 9 heteroatoms. The molecule has 2 N–H and O–H groups in total. The fraction of sp³-hybridized carbons (Fsp3) is 0.562. The van der Waals surface area contributed by atoms with Crippen molar-refractivity contribution in [3.63, 3.8) is 0 Å². The molecule has 0 unspecified atom stereocenters. The molecule has 5 atom stereocenters. The second kappa shape index (κ2) is 10.1. The van der Waals surface area contributed by atoms with E-state index in [0.717, 1.165) is 71.8 Å². The van der Waals surface area contributed by atoms with Gasteiger partial charge in [-0.05, 0) is 74.6 Å². The number of nitrogens with one attached hydrogen (secondary N) is 1. The Morgan fingerprint density at radius 2 is 2.00 bits per heavy atom. The molecule has 0 spiro atoms. The molecular weight excluding hydrogens is 585 g/mol. The fourth-order valence-corrected chi connectivity index (χ4v) is 9.15. The van der Waals surface area contributed by atoms with Crippen molar-refractivity contribution in [2.45, 2.75) is 87.6 Å². The molecule has 0 aliphatic carbocycles. The van der Waals surface area contributed by atoms with Gasteiger partial charge in [-0.25, -0.2) is 4.39 Å². The first kappa shape index (κ1) is 26.2. The molecule has 0 radical (unpaired) electrons. The lowest BCUT2D eigenvalue weighted by molar-refractivity contribution is 0.106. The number of rotatable bonds is 5. The smallest absolute Gasteiger partial charge is 0.316 e. The van der Waals surface area contributed by atoms with Gasteiger partial charge in [0.15, 0.2) is 0 Å². The predicted molar refractivity (Wildman–Crippen MR) is 161 cm³/mol. The number of nitrogens with zero attached hydrogens (tertiary/aromatic N) is 4. The Labute approximate surface area is 248 Å². The highest BCUT2D eigenvalue weighted by molar-refractivity contribution is 9.10. The zero-order chi connectivity index (χ0) is 27.7. The van der Waals surface area contributed by atoms with E-state index in [4.69, 9.17) is 14.7 Å². The molecule has 0 saturated carbocycles. The lowest BCUT2D eigenvalue weighted by Gasteiger charge is -2.35. The molecule has 4 saturated heterocycles. The number of aromatic hydroxyl groups is 1. The van der Waals surface area contributed by atoms with Crippen LogP contribution in [0.1, 0.15) is 67.8 Å². The second-order valence-electron chi connectivity index (χ2n) is 13.0. The van der Waals surface area contributed by atoms with Crippen LogP contribution in [-0.4, -0.2) is 70.0 Å². The number of anilines is 1. The predicted octanol–water partition coefficient (Wildman–Crippen LogP) is 5.61. The topological polar surface area (TPSA) is 73.8 Å². The van der Waals surface area contributed by atoms with E-state index in [-0.39, 0.29) is 11.3 Å². The Morgan fingerprint density at radius 3 is 2.85 bits per heavy atom. The van der Waals surface area contributed by atoms with E-state index in [1.54, 1.807) is 0 Å². The minimum Gasteiger partial charge on any atom is -0.508 e. The van der Waals surface area contributed by atoms with Crippen LogP contribution >= 0.6 is 15.9 Å². The molecule has 2 bridgehead atoms. The van der Waals surface area contributed by atoms with Gasteiger partial charge in [-0.2, -0.15) is 9.97 Å². The van der Waals surface area contributed by atoms with Crippen molar-refractivity contribution in [2.24, 2.45) is 0 Å². The summed E-state index contributed by atoms with van der Waals surface area (Å²) in [6.45, 7) is 3.36. The second-order valence-corrected chi connectivity index (χ2v) is 13.8. The van der Waals surface area contributed by atoms with Gasteiger partial charge in [0.05, 0.1) is 23.5 Å². The lowest BCUT2D eigenvalue weighted by atomic mass is 9.85. The average Bonchev–Trinajstić information content (AvgIpc) is 3.61. The van der Waals surface area contributed by atoms with Crippen LogP contribution in [0.4, 0.5) is 10.1 Å². The van der Waals surface area contributed by atoms with Gasteiger partial charge < -0.3 is 20.1 Å². The number of ether oxygens (including phenoxy) is 1. The van der Waals surface area contributed by atoms with Crippen LogP contribution in [0.15, 0.2) is 34.8 Å². The van der Waals surface area contributed by atoms with Crippen LogP contribution in [0.25, 0.3) is 10.8 Å². The molecule has 4 fully saturated rings. The van der Waals surface area contributed by atoms with Crippen molar-refractivity contribution >= 4 is 32.4 Å².